The van der Waals surface area contributed by atoms with E-state index >= 15 is 0 Å². The Morgan fingerprint density at radius 2 is 1.69 bits per heavy atom. The first-order valence-electron chi connectivity index (χ1n) is 5.37. The van der Waals surface area contributed by atoms with Crippen LogP contribution in [0.2, 0.25) is 0 Å². The minimum atomic E-state index is -0.523. The number of halogens is 3. The van der Waals surface area contributed by atoms with Gasteiger partial charge in [-0.25, -0.2) is 8.78 Å². The highest BCUT2D eigenvalue weighted by Gasteiger charge is 2.21. The molecule has 0 fully saturated rings. The molecule has 1 rings (SSSR count). The molecule has 0 bridgehead atoms. The Bertz CT molecular complexity index is 339. The van der Waals surface area contributed by atoms with Crippen LogP contribution in [0.3, 0.4) is 0 Å². The van der Waals surface area contributed by atoms with E-state index < -0.39 is 11.6 Å². The number of rotatable bonds is 4. The first kappa shape index (κ1) is 13.4. The van der Waals surface area contributed by atoms with E-state index in [0.717, 1.165) is 12.5 Å². The van der Waals surface area contributed by atoms with Crippen LogP contribution >= 0.6 is 11.6 Å². The number of hydrogen-bond donors (Lipinski definition) is 0. The maximum Gasteiger partial charge on any atom is 0.126 e. The summed E-state index contributed by atoms with van der Waals surface area (Å²) in [5.74, 6) is -1.05. The van der Waals surface area contributed by atoms with Gasteiger partial charge in [-0.3, -0.25) is 0 Å². The molecule has 0 spiro atoms. The normalized spacial score (nSPS) is 13.9. The molecule has 1 aromatic carbocycles. The fraction of sp³-hybridized carbons (Fsp3) is 0.538. The molecule has 1 unspecified atom stereocenters. The van der Waals surface area contributed by atoms with Crippen molar-refractivity contribution in [3.05, 3.63) is 35.4 Å². The van der Waals surface area contributed by atoms with Crippen molar-refractivity contribution in [3.8, 4) is 0 Å². The Balaban J connectivity index is 2.79. The first-order chi connectivity index (χ1) is 7.28. The minimum Gasteiger partial charge on any atom is -0.207 e. The van der Waals surface area contributed by atoms with Crippen molar-refractivity contribution in [2.75, 3.05) is 0 Å². The van der Waals surface area contributed by atoms with E-state index in [1.807, 2.05) is 6.92 Å². The lowest BCUT2D eigenvalue weighted by molar-refractivity contribution is 0.330. The van der Waals surface area contributed by atoms with E-state index in [2.05, 4.69) is 13.8 Å². The maximum absolute atomic E-state index is 13.0. The Morgan fingerprint density at radius 1 is 1.19 bits per heavy atom. The fourth-order valence-corrected chi connectivity index (χ4v) is 2.52. The summed E-state index contributed by atoms with van der Waals surface area (Å²) in [4.78, 5) is 0. The Morgan fingerprint density at radius 3 is 2.12 bits per heavy atom. The highest BCUT2D eigenvalue weighted by Crippen LogP contribution is 2.29. The zero-order valence-electron chi connectivity index (χ0n) is 9.86. The summed E-state index contributed by atoms with van der Waals surface area (Å²) in [5, 5.41) is 0.0633. The van der Waals surface area contributed by atoms with Crippen LogP contribution in [-0.2, 0) is 6.42 Å². The topological polar surface area (TPSA) is 0 Å². The second kappa shape index (κ2) is 5.13. The van der Waals surface area contributed by atoms with Crippen LogP contribution in [0.15, 0.2) is 18.2 Å². The van der Waals surface area contributed by atoms with Crippen LogP contribution in [0, 0.1) is 17.0 Å². The van der Waals surface area contributed by atoms with Gasteiger partial charge in [-0.05, 0) is 42.9 Å². The molecule has 0 heterocycles. The summed E-state index contributed by atoms with van der Waals surface area (Å²) in [5.41, 5.74) is 0.626. The summed E-state index contributed by atoms with van der Waals surface area (Å²) in [6, 6.07) is 3.65. The molecule has 0 aliphatic rings. The van der Waals surface area contributed by atoms with E-state index in [9.17, 15) is 8.78 Å². The van der Waals surface area contributed by atoms with Crippen molar-refractivity contribution in [1.29, 1.82) is 0 Å². The molecule has 0 saturated heterocycles. The van der Waals surface area contributed by atoms with Gasteiger partial charge in [0.1, 0.15) is 11.6 Å². The van der Waals surface area contributed by atoms with Gasteiger partial charge in [-0.1, -0.05) is 13.8 Å². The average Bonchev–Trinajstić information content (AvgIpc) is 1.95. The van der Waals surface area contributed by atoms with Crippen molar-refractivity contribution in [2.24, 2.45) is 5.41 Å². The van der Waals surface area contributed by atoms with Gasteiger partial charge >= 0.3 is 0 Å². The van der Waals surface area contributed by atoms with Crippen LogP contribution in [0.25, 0.3) is 0 Å². The fourth-order valence-electron chi connectivity index (χ4n) is 2.10. The molecule has 3 heteroatoms. The van der Waals surface area contributed by atoms with E-state index in [4.69, 9.17) is 11.6 Å². The Labute approximate surface area is 101 Å². The van der Waals surface area contributed by atoms with Crippen molar-refractivity contribution < 1.29 is 8.78 Å². The zero-order valence-corrected chi connectivity index (χ0v) is 10.6. The lowest BCUT2D eigenvalue weighted by Gasteiger charge is -2.26. The van der Waals surface area contributed by atoms with Crippen LogP contribution in [0.1, 0.15) is 32.8 Å². The summed E-state index contributed by atoms with van der Waals surface area (Å²) in [7, 11) is 0. The molecule has 90 valence electrons. The van der Waals surface area contributed by atoms with Crippen LogP contribution in [0.5, 0.6) is 0 Å². The third-order valence-corrected chi connectivity index (χ3v) is 2.59. The number of benzene rings is 1. The summed E-state index contributed by atoms with van der Waals surface area (Å²) >= 11 is 5.94. The molecular weight excluding hydrogens is 230 g/mol. The quantitative estimate of drug-likeness (QED) is 0.684. The number of alkyl halides is 1. The molecule has 0 N–H and O–H groups in total. The van der Waals surface area contributed by atoms with E-state index in [1.165, 1.54) is 12.1 Å². The smallest absolute Gasteiger partial charge is 0.126 e. The minimum absolute atomic E-state index is 0.0542. The lowest BCUT2D eigenvalue weighted by atomic mass is 9.81. The molecule has 16 heavy (non-hydrogen) atoms. The van der Waals surface area contributed by atoms with Crippen LogP contribution < -0.4 is 0 Å². The van der Waals surface area contributed by atoms with Gasteiger partial charge in [-0.15, -0.1) is 11.6 Å². The average molecular weight is 247 g/mol. The molecule has 0 amide bonds. The van der Waals surface area contributed by atoms with Gasteiger partial charge < -0.3 is 0 Å². The molecule has 1 atom stereocenters. The largest absolute Gasteiger partial charge is 0.207 e. The van der Waals surface area contributed by atoms with Gasteiger partial charge in [0.25, 0.3) is 0 Å². The van der Waals surface area contributed by atoms with Crippen molar-refractivity contribution >= 4 is 11.6 Å². The molecule has 1 aromatic rings. The van der Waals surface area contributed by atoms with E-state index in [-0.39, 0.29) is 10.8 Å². The summed E-state index contributed by atoms with van der Waals surface area (Å²) in [6.45, 7) is 6.03. The van der Waals surface area contributed by atoms with Crippen molar-refractivity contribution in [2.45, 2.75) is 39.0 Å². The Kier molecular flexibility index (Phi) is 4.31. The molecule has 0 aromatic heterocycles. The summed E-state index contributed by atoms with van der Waals surface area (Å²) < 4.78 is 26.0. The van der Waals surface area contributed by atoms with Gasteiger partial charge in [-0.2, -0.15) is 0 Å². The van der Waals surface area contributed by atoms with Crippen LogP contribution in [-0.4, -0.2) is 5.38 Å². The Hall–Kier alpha value is -0.630. The summed E-state index contributed by atoms with van der Waals surface area (Å²) in [6.07, 6.45) is 1.44. The van der Waals surface area contributed by atoms with Crippen molar-refractivity contribution in [3.63, 3.8) is 0 Å². The second-order valence-corrected chi connectivity index (χ2v) is 5.85. The van der Waals surface area contributed by atoms with E-state index in [0.29, 0.717) is 12.0 Å². The SMILES string of the molecule is CC(Cl)CC(C)(C)Cc1cc(F)cc(F)c1. The highest BCUT2D eigenvalue weighted by molar-refractivity contribution is 6.20. The third-order valence-electron chi connectivity index (χ3n) is 2.44. The second-order valence-electron chi connectivity index (χ2n) is 5.10. The zero-order chi connectivity index (χ0) is 12.3. The molecule has 0 aliphatic heterocycles. The maximum atomic E-state index is 13.0. The highest BCUT2D eigenvalue weighted by atomic mass is 35.5. The van der Waals surface area contributed by atoms with Gasteiger partial charge in [0.05, 0.1) is 0 Å². The molecule has 0 nitrogen and oxygen atoms in total. The first-order valence-corrected chi connectivity index (χ1v) is 5.81. The molecule has 0 radical (unpaired) electrons. The van der Waals surface area contributed by atoms with E-state index in [1.54, 1.807) is 0 Å². The van der Waals surface area contributed by atoms with Gasteiger partial charge in [0, 0.05) is 11.4 Å². The monoisotopic (exact) mass is 246 g/mol. The van der Waals surface area contributed by atoms with Gasteiger partial charge in [0.15, 0.2) is 0 Å². The van der Waals surface area contributed by atoms with Crippen LogP contribution in [0.4, 0.5) is 8.78 Å². The molecule has 0 aliphatic carbocycles. The number of hydrogen-bond acceptors (Lipinski definition) is 0. The molecule has 0 saturated carbocycles. The van der Waals surface area contributed by atoms with Crippen molar-refractivity contribution in [1.82, 2.24) is 0 Å². The standard InChI is InChI=1S/C13H17ClF2/c1-9(14)7-13(2,3)8-10-4-11(15)6-12(16)5-10/h4-6,9H,7-8H2,1-3H3. The molecular formula is C13H17ClF2. The van der Waals surface area contributed by atoms with Gasteiger partial charge in [0.2, 0.25) is 0 Å². The predicted octanol–water partition coefficient (Wildman–Crippen LogP) is 4.55. The lowest BCUT2D eigenvalue weighted by Crippen LogP contribution is -2.19. The predicted molar refractivity (Wildman–Crippen MR) is 63.8 cm³/mol. The third kappa shape index (κ3) is 4.48.